The van der Waals surface area contributed by atoms with Crippen LogP contribution in [-0.4, -0.2) is 84.3 Å². The molecule has 1 saturated heterocycles. The van der Waals surface area contributed by atoms with Crippen LogP contribution in [-0.2, 0) is 28.5 Å². The van der Waals surface area contributed by atoms with Crippen LogP contribution in [0.5, 0.6) is 0 Å². The van der Waals surface area contributed by atoms with E-state index in [4.69, 9.17) is 29.8 Å². The summed E-state index contributed by atoms with van der Waals surface area (Å²) in [7, 11) is 1.19. The van der Waals surface area contributed by atoms with Crippen molar-refractivity contribution in [2.24, 2.45) is 11.7 Å². The van der Waals surface area contributed by atoms with Crippen molar-refractivity contribution < 1.29 is 43.9 Å². The summed E-state index contributed by atoms with van der Waals surface area (Å²) in [5.41, 5.74) is 6.16. The van der Waals surface area contributed by atoms with Gasteiger partial charge in [0.05, 0.1) is 33.0 Å². The molecule has 29 heavy (non-hydrogen) atoms. The standard InChI is InChI=1S/C19H35NO9/c1-4-27-15(23)8-6-5-7-9-28-19(18(25)26-3)10-13(20)12(2)17(29-19)16(24)14(22)11-21/h12-14,16-17,21-22,24H,4-11,20H2,1-3H3/t12-,13-,14-,16-,17?,19-/m1/s1. The van der Waals surface area contributed by atoms with Crippen LogP contribution >= 0.6 is 0 Å². The van der Waals surface area contributed by atoms with E-state index in [0.717, 1.165) is 0 Å². The third kappa shape index (κ3) is 7.16. The molecular formula is C19H35NO9. The number of rotatable bonds is 12. The molecule has 0 spiro atoms. The van der Waals surface area contributed by atoms with Crippen LogP contribution in [0.3, 0.4) is 0 Å². The molecule has 6 atom stereocenters. The summed E-state index contributed by atoms with van der Waals surface area (Å²) in [6.45, 7) is 3.29. The van der Waals surface area contributed by atoms with Gasteiger partial charge >= 0.3 is 11.9 Å². The van der Waals surface area contributed by atoms with E-state index in [0.29, 0.717) is 32.3 Å². The first-order valence-electron chi connectivity index (χ1n) is 10.0. The monoisotopic (exact) mass is 421 g/mol. The quantitative estimate of drug-likeness (QED) is 0.238. The fourth-order valence-electron chi connectivity index (χ4n) is 3.28. The molecule has 10 nitrogen and oxygen atoms in total. The van der Waals surface area contributed by atoms with Gasteiger partial charge in [0.25, 0.3) is 5.79 Å². The number of esters is 2. The van der Waals surface area contributed by atoms with Gasteiger partial charge in [0, 0.05) is 24.8 Å². The van der Waals surface area contributed by atoms with E-state index in [1.54, 1.807) is 13.8 Å². The minimum atomic E-state index is -1.82. The fraction of sp³-hybridized carbons (Fsp3) is 0.895. The molecule has 0 bridgehead atoms. The third-order valence-electron chi connectivity index (χ3n) is 5.10. The maximum absolute atomic E-state index is 12.4. The van der Waals surface area contributed by atoms with Gasteiger partial charge in [-0.15, -0.1) is 0 Å². The van der Waals surface area contributed by atoms with Crippen molar-refractivity contribution in [1.82, 2.24) is 0 Å². The van der Waals surface area contributed by atoms with Crippen molar-refractivity contribution in [2.45, 2.75) is 76.1 Å². The van der Waals surface area contributed by atoms with E-state index in [1.165, 1.54) is 7.11 Å². The van der Waals surface area contributed by atoms with Crippen molar-refractivity contribution >= 4 is 11.9 Å². The van der Waals surface area contributed by atoms with Gasteiger partial charge < -0.3 is 40.0 Å². The van der Waals surface area contributed by atoms with Crippen molar-refractivity contribution in [3.63, 3.8) is 0 Å². The number of methoxy groups -OCH3 is 1. The predicted molar refractivity (Wildman–Crippen MR) is 102 cm³/mol. The van der Waals surface area contributed by atoms with Crippen molar-refractivity contribution in [2.75, 3.05) is 26.9 Å². The summed E-state index contributed by atoms with van der Waals surface area (Å²) in [5, 5.41) is 29.2. The second-order valence-electron chi connectivity index (χ2n) is 7.26. The van der Waals surface area contributed by atoms with E-state index in [2.05, 4.69) is 0 Å². The molecule has 0 aromatic rings. The molecule has 1 heterocycles. The van der Waals surface area contributed by atoms with Crippen LogP contribution in [0.2, 0.25) is 0 Å². The molecule has 1 aliphatic heterocycles. The zero-order chi connectivity index (χ0) is 22.0. The largest absolute Gasteiger partial charge is 0.466 e. The van der Waals surface area contributed by atoms with Gasteiger partial charge in [-0.2, -0.15) is 0 Å². The van der Waals surface area contributed by atoms with Gasteiger partial charge in [-0.3, -0.25) is 4.79 Å². The minimum absolute atomic E-state index is 0.0160. The topological polar surface area (TPSA) is 158 Å². The molecule has 5 N–H and O–H groups in total. The average molecular weight is 421 g/mol. The Morgan fingerprint density at radius 1 is 1.28 bits per heavy atom. The van der Waals surface area contributed by atoms with Gasteiger partial charge in [-0.1, -0.05) is 13.3 Å². The first kappa shape index (κ1) is 25.7. The lowest BCUT2D eigenvalue weighted by Gasteiger charge is -2.46. The molecule has 1 unspecified atom stereocenters. The molecule has 1 fully saturated rings. The number of ether oxygens (including phenoxy) is 4. The highest BCUT2D eigenvalue weighted by Crippen LogP contribution is 2.36. The highest BCUT2D eigenvalue weighted by molar-refractivity contribution is 5.78. The van der Waals surface area contributed by atoms with Gasteiger partial charge in [0.15, 0.2) is 0 Å². The van der Waals surface area contributed by atoms with Crippen LogP contribution in [0.4, 0.5) is 0 Å². The number of aliphatic hydroxyl groups excluding tert-OH is 3. The van der Waals surface area contributed by atoms with Crippen LogP contribution in [0.1, 0.15) is 46.0 Å². The fourth-order valence-corrected chi connectivity index (χ4v) is 3.28. The first-order chi connectivity index (χ1) is 13.7. The van der Waals surface area contributed by atoms with Gasteiger partial charge in [-0.25, -0.2) is 4.79 Å². The van der Waals surface area contributed by atoms with E-state index in [9.17, 15) is 19.8 Å². The van der Waals surface area contributed by atoms with Gasteiger partial charge in [0.1, 0.15) is 12.2 Å². The molecule has 0 radical (unpaired) electrons. The van der Waals surface area contributed by atoms with Gasteiger partial charge in [-0.05, 0) is 19.8 Å². The number of aliphatic hydroxyl groups is 3. The van der Waals surface area contributed by atoms with E-state index < -0.39 is 48.6 Å². The highest BCUT2D eigenvalue weighted by Gasteiger charge is 2.54. The second kappa shape index (κ2) is 12.4. The summed E-state index contributed by atoms with van der Waals surface area (Å²) in [5.74, 6) is -3.27. The Morgan fingerprint density at radius 3 is 2.55 bits per heavy atom. The summed E-state index contributed by atoms with van der Waals surface area (Å²) < 4.78 is 21.2. The first-order valence-corrected chi connectivity index (χ1v) is 10.0. The summed E-state index contributed by atoms with van der Waals surface area (Å²) in [4.78, 5) is 23.8. The highest BCUT2D eigenvalue weighted by atomic mass is 16.7. The molecule has 0 aromatic heterocycles. The number of hydrogen-bond donors (Lipinski definition) is 4. The molecule has 1 aliphatic rings. The Bertz CT molecular complexity index is 518. The van der Waals surface area contributed by atoms with Crippen LogP contribution in [0.25, 0.3) is 0 Å². The Kier molecular flexibility index (Phi) is 11.0. The van der Waals surface area contributed by atoms with E-state index in [1.807, 2.05) is 0 Å². The SMILES string of the molecule is CCOC(=O)CCCCCO[C@]1(C(=O)OC)C[C@@H](N)[C@@H](C)C([C@H](O)[C@H](O)CO)O1. The average Bonchev–Trinajstić information content (AvgIpc) is 2.71. The lowest BCUT2D eigenvalue weighted by atomic mass is 9.83. The minimum Gasteiger partial charge on any atom is -0.466 e. The molecule has 0 saturated carbocycles. The molecule has 0 aliphatic carbocycles. The summed E-state index contributed by atoms with van der Waals surface area (Å²) in [6.07, 6.45) is -1.78. The van der Waals surface area contributed by atoms with Gasteiger partial charge in [0.2, 0.25) is 0 Å². The van der Waals surface area contributed by atoms with Crippen LogP contribution in [0, 0.1) is 5.92 Å². The smallest absolute Gasteiger partial charge is 0.366 e. The Morgan fingerprint density at radius 2 is 1.97 bits per heavy atom. The zero-order valence-electron chi connectivity index (χ0n) is 17.4. The molecule has 1 rings (SSSR count). The number of unbranched alkanes of at least 4 members (excludes halogenated alkanes) is 2. The number of nitrogens with two attached hydrogens (primary N) is 1. The van der Waals surface area contributed by atoms with Crippen molar-refractivity contribution in [3.8, 4) is 0 Å². The second-order valence-corrected chi connectivity index (χ2v) is 7.26. The maximum atomic E-state index is 12.4. The molecule has 0 aromatic carbocycles. The molecular weight excluding hydrogens is 386 g/mol. The lowest BCUT2D eigenvalue weighted by molar-refractivity contribution is -0.306. The van der Waals surface area contributed by atoms with Crippen molar-refractivity contribution in [1.29, 1.82) is 0 Å². The van der Waals surface area contributed by atoms with E-state index in [-0.39, 0.29) is 19.0 Å². The molecule has 170 valence electrons. The van der Waals surface area contributed by atoms with Crippen LogP contribution in [0.15, 0.2) is 0 Å². The Balaban J connectivity index is 2.73. The summed E-state index contributed by atoms with van der Waals surface area (Å²) in [6, 6.07) is -0.572. The number of carbonyl (C=O) groups is 2. The van der Waals surface area contributed by atoms with E-state index >= 15 is 0 Å². The van der Waals surface area contributed by atoms with Crippen LogP contribution < -0.4 is 5.73 Å². The maximum Gasteiger partial charge on any atom is 0.366 e. The molecule has 0 amide bonds. The number of hydrogen-bond acceptors (Lipinski definition) is 10. The number of carbonyl (C=O) groups excluding carboxylic acids is 2. The summed E-state index contributed by atoms with van der Waals surface area (Å²) >= 11 is 0. The normalized spacial score (nSPS) is 29.1. The Labute approximate surface area is 171 Å². The zero-order valence-corrected chi connectivity index (χ0v) is 17.4. The predicted octanol–water partition coefficient (Wildman–Crippen LogP) is -0.538. The van der Waals surface area contributed by atoms with Crippen molar-refractivity contribution in [3.05, 3.63) is 0 Å². The lowest BCUT2D eigenvalue weighted by Crippen LogP contribution is -2.63. The third-order valence-corrected chi connectivity index (χ3v) is 5.10. The molecule has 10 heteroatoms. The Hall–Kier alpha value is -1.30.